The first-order valence-corrected chi connectivity index (χ1v) is 9.63. The maximum atomic E-state index is 3.91. The van der Waals surface area contributed by atoms with Gasteiger partial charge in [-0.1, -0.05) is 44.9 Å². The molecule has 21 heavy (non-hydrogen) atoms. The molecule has 0 spiro atoms. The summed E-state index contributed by atoms with van der Waals surface area (Å²) in [6.07, 6.45) is 8.21. The topological polar surface area (TPSA) is 12.0 Å². The predicted molar refractivity (Wildman–Crippen MR) is 93.0 cm³/mol. The molecule has 1 fully saturated rings. The average Bonchev–Trinajstić information content (AvgIpc) is 2.93. The highest BCUT2D eigenvalue weighted by Crippen LogP contribution is 2.42. The molecule has 0 aromatic heterocycles. The van der Waals surface area contributed by atoms with Gasteiger partial charge in [-0.2, -0.15) is 0 Å². The first-order chi connectivity index (χ1) is 10.3. The number of benzene rings is 1. The van der Waals surface area contributed by atoms with Crippen molar-refractivity contribution in [2.24, 2.45) is 11.8 Å². The van der Waals surface area contributed by atoms with Crippen LogP contribution in [0.3, 0.4) is 0 Å². The van der Waals surface area contributed by atoms with Crippen LogP contribution in [0.15, 0.2) is 29.2 Å². The lowest BCUT2D eigenvalue weighted by Crippen LogP contribution is -2.45. The smallest absolute Gasteiger partial charge is 0.0291 e. The lowest BCUT2D eigenvalue weighted by atomic mass is 9.77. The summed E-state index contributed by atoms with van der Waals surface area (Å²) in [6.45, 7) is 5.87. The SMILES string of the molecule is CCCNC(C1CCC(C)CC1)C1Cc2ccccc2S1. The number of nitrogens with one attached hydrogen (secondary N) is 1. The van der Waals surface area contributed by atoms with Crippen molar-refractivity contribution >= 4 is 11.8 Å². The molecule has 1 N–H and O–H groups in total. The van der Waals surface area contributed by atoms with Gasteiger partial charge in [-0.05, 0) is 55.7 Å². The molecule has 0 saturated heterocycles. The van der Waals surface area contributed by atoms with E-state index in [1.54, 1.807) is 5.56 Å². The second-order valence-corrected chi connectivity index (χ2v) is 8.25. The van der Waals surface area contributed by atoms with Gasteiger partial charge in [-0.25, -0.2) is 0 Å². The molecule has 1 heterocycles. The standard InChI is InChI=1S/C19H29NS/c1-3-12-20-19(15-10-8-14(2)9-11-15)18-13-16-6-4-5-7-17(16)21-18/h4-7,14-15,18-20H,3,8-13H2,1-2H3. The molecule has 1 aliphatic carbocycles. The Morgan fingerprint density at radius 3 is 2.67 bits per heavy atom. The molecule has 1 nitrogen and oxygen atoms in total. The van der Waals surface area contributed by atoms with E-state index < -0.39 is 0 Å². The quantitative estimate of drug-likeness (QED) is 0.830. The van der Waals surface area contributed by atoms with Crippen LogP contribution in [0.2, 0.25) is 0 Å². The summed E-state index contributed by atoms with van der Waals surface area (Å²) < 4.78 is 0. The van der Waals surface area contributed by atoms with E-state index in [9.17, 15) is 0 Å². The van der Waals surface area contributed by atoms with Crippen LogP contribution in [-0.2, 0) is 6.42 Å². The minimum Gasteiger partial charge on any atom is -0.313 e. The van der Waals surface area contributed by atoms with E-state index in [4.69, 9.17) is 0 Å². The van der Waals surface area contributed by atoms with Crippen LogP contribution in [0.5, 0.6) is 0 Å². The molecule has 0 amide bonds. The fourth-order valence-corrected chi connectivity index (χ4v) is 5.48. The normalized spacial score (nSPS) is 30.1. The minimum absolute atomic E-state index is 0.704. The third kappa shape index (κ3) is 3.65. The van der Waals surface area contributed by atoms with Gasteiger partial charge in [0.1, 0.15) is 0 Å². The van der Waals surface area contributed by atoms with Crippen LogP contribution in [0, 0.1) is 11.8 Å². The van der Waals surface area contributed by atoms with Gasteiger partial charge in [0, 0.05) is 16.2 Å². The van der Waals surface area contributed by atoms with Crippen LogP contribution in [-0.4, -0.2) is 17.8 Å². The number of hydrogen-bond acceptors (Lipinski definition) is 2. The Morgan fingerprint density at radius 1 is 1.19 bits per heavy atom. The van der Waals surface area contributed by atoms with Gasteiger partial charge in [-0.15, -0.1) is 11.8 Å². The summed E-state index contributed by atoms with van der Waals surface area (Å²) in [5.74, 6) is 1.83. The van der Waals surface area contributed by atoms with Crippen molar-refractivity contribution in [1.82, 2.24) is 5.32 Å². The molecule has 0 radical (unpaired) electrons. The fourth-order valence-electron chi connectivity index (χ4n) is 3.97. The minimum atomic E-state index is 0.704. The third-order valence-corrected chi connectivity index (χ3v) is 6.69. The molecule has 3 rings (SSSR count). The summed E-state index contributed by atoms with van der Waals surface area (Å²) in [6, 6.07) is 9.71. The Labute approximate surface area is 134 Å². The van der Waals surface area contributed by atoms with Crippen molar-refractivity contribution in [2.75, 3.05) is 6.54 Å². The van der Waals surface area contributed by atoms with Crippen molar-refractivity contribution in [3.63, 3.8) is 0 Å². The molecule has 116 valence electrons. The largest absolute Gasteiger partial charge is 0.313 e. The van der Waals surface area contributed by atoms with Gasteiger partial charge in [0.2, 0.25) is 0 Å². The van der Waals surface area contributed by atoms with E-state index in [-0.39, 0.29) is 0 Å². The summed E-state index contributed by atoms with van der Waals surface area (Å²) in [4.78, 5) is 1.52. The van der Waals surface area contributed by atoms with Gasteiger partial charge in [0.25, 0.3) is 0 Å². The molecule has 1 aliphatic heterocycles. The predicted octanol–water partition coefficient (Wildman–Crippen LogP) is 4.90. The van der Waals surface area contributed by atoms with Crippen LogP contribution in [0.25, 0.3) is 0 Å². The summed E-state index contributed by atoms with van der Waals surface area (Å²) in [5, 5.41) is 4.65. The highest BCUT2D eigenvalue weighted by Gasteiger charge is 2.35. The number of thioether (sulfide) groups is 1. The Bertz CT molecular complexity index is 426. The van der Waals surface area contributed by atoms with E-state index in [1.165, 1.54) is 50.0 Å². The van der Waals surface area contributed by atoms with Crippen LogP contribution >= 0.6 is 11.8 Å². The second kappa shape index (κ2) is 7.19. The van der Waals surface area contributed by atoms with Crippen molar-refractivity contribution in [2.45, 2.75) is 68.6 Å². The van der Waals surface area contributed by atoms with Gasteiger partial charge < -0.3 is 5.32 Å². The molecule has 1 aromatic carbocycles. The summed E-state index contributed by atoms with van der Waals surface area (Å²) in [5.41, 5.74) is 1.57. The molecule has 2 aliphatic rings. The van der Waals surface area contributed by atoms with E-state index in [0.717, 1.165) is 17.1 Å². The van der Waals surface area contributed by atoms with Gasteiger partial charge in [0.15, 0.2) is 0 Å². The van der Waals surface area contributed by atoms with Gasteiger partial charge in [-0.3, -0.25) is 0 Å². The number of fused-ring (bicyclic) bond motifs is 1. The van der Waals surface area contributed by atoms with Crippen molar-refractivity contribution in [3.05, 3.63) is 29.8 Å². The van der Waals surface area contributed by atoms with Gasteiger partial charge >= 0.3 is 0 Å². The maximum absolute atomic E-state index is 3.91. The zero-order valence-electron chi connectivity index (χ0n) is 13.5. The van der Waals surface area contributed by atoms with Crippen LogP contribution in [0.4, 0.5) is 0 Å². The first kappa shape index (κ1) is 15.4. The number of rotatable bonds is 5. The third-order valence-electron chi connectivity index (χ3n) is 5.27. The monoisotopic (exact) mass is 303 g/mol. The van der Waals surface area contributed by atoms with E-state index >= 15 is 0 Å². The van der Waals surface area contributed by atoms with E-state index in [0.29, 0.717) is 6.04 Å². The Morgan fingerprint density at radius 2 is 1.95 bits per heavy atom. The summed E-state index contributed by atoms with van der Waals surface area (Å²) >= 11 is 2.13. The zero-order valence-corrected chi connectivity index (χ0v) is 14.3. The Hall–Kier alpha value is -0.470. The molecular formula is C19H29NS. The molecular weight excluding hydrogens is 274 g/mol. The maximum Gasteiger partial charge on any atom is 0.0291 e. The number of hydrogen-bond donors (Lipinski definition) is 1. The van der Waals surface area contributed by atoms with Gasteiger partial charge in [0.05, 0.1) is 0 Å². The first-order valence-electron chi connectivity index (χ1n) is 8.76. The van der Waals surface area contributed by atoms with Crippen molar-refractivity contribution in [3.8, 4) is 0 Å². The van der Waals surface area contributed by atoms with Crippen LogP contribution in [0.1, 0.15) is 51.5 Å². The molecule has 0 bridgehead atoms. The molecule has 2 heteroatoms. The molecule has 2 atom stereocenters. The summed E-state index contributed by atoms with van der Waals surface area (Å²) in [7, 11) is 0. The Kier molecular flexibility index (Phi) is 5.29. The second-order valence-electron chi connectivity index (χ2n) is 6.97. The molecule has 1 saturated carbocycles. The fraction of sp³-hybridized carbons (Fsp3) is 0.684. The average molecular weight is 304 g/mol. The van der Waals surface area contributed by atoms with E-state index in [1.807, 2.05) is 0 Å². The molecule has 2 unspecified atom stereocenters. The highest BCUT2D eigenvalue weighted by molar-refractivity contribution is 8.00. The van der Waals surface area contributed by atoms with Crippen molar-refractivity contribution in [1.29, 1.82) is 0 Å². The lowest BCUT2D eigenvalue weighted by molar-refractivity contribution is 0.227. The van der Waals surface area contributed by atoms with Crippen molar-refractivity contribution < 1.29 is 0 Å². The Balaban J connectivity index is 1.68. The molecule has 1 aromatic rings. The van der Waals surface area contributed by atoms with Crippen LogP contribution < -0.4 is 5.32 Å². The highest BCUT2D eigenvalue weighted by atomic mass is 32.2. The zero-order chi connectivity index (χ0) is 14.7. The lowest BCUT2D eigenvalue weighted by Gasteiger charge is -2.36. The van der Waals surface area contributed by atoms with E-state index in [2.05, 4.69) is 55.2 Å².